The average molecular weight is 544 g/mol. The van der Waals surface area contributed by atoms with Crippen molar-refractivity contribution in [2.75, 3.05) is 0 Å². The van der Waals surface area contributed by atoms with Gasteiger partial charge >= 0.3 is 0 Å². The first-order valence-corrected chi connectivity index (χ1v) is 13.8. The van der Waals surface area contributed by atoms with Crippen molar-refractivity contribution in [1.29, 1.82) is 0 Å². The molecule has 0 radical (unpaired) electrons. The fourth-order valence-corrected chi connectivity index (χ4v) is 5.75. The van der Waals surface area contributed by atoms with E-state index < -0.39 is 0 Å². The van der Waals surface area contributed by atoms with Gasteiger partial charge in [-0.05, 0) is 108 Å². The molecule has 0 aromatic carbocycles. The van der Waals surface area contributed by atoms with Crippen molar-refractivity contribution in [3.8, 4) is 0 Å². The molecule has 0 saturated carbocycles. The van der Waals surface area contributed by atoms with Gasteiger partial charge in [0, 0.05) is 98.1 Å². The first kappa shape index (κ1) is 23.9. The van der Waals surface area contributed by atoms with E-state index in [1.807, 2.05) is 73.6 Å². The Morgan fingerprint density at radius 3 is 1.31 bits per heavy atom. The zero-order chi connectivity index (χ0) is 27.9. The molecule has 8 bridgehead atoms. The summed E-state index contributed by atoms with van der Waals surface area (Å²) in [6, 6.07) is 29.3. The van der Waals surface area contributed by atoms with E-state index in [0.29, 0.717) is 0 Å². The van der Waals surface area contributed by atoms with Gasteiger partial charge in [0.15, 0.2) is 0 Å². The van der Waals surface area contributed by atoms with Crippen molar-refractivity contribution < 1.29 is 0 Å². The van der Waals surface area contributed by atoms with E-state index in [1.165, 1.54) is 0 Å². The average Bonchev–Trinajstić information content (AvgIpc) is 3.86. The summed E-state index contributed by atoms with van der Waals surface area (Å²) in [5, 5.41) is 4.01. The van der Waals surface area contributed by atoms with E-state index in [9.17, 15) is 0 Å². The van der Waals surface area contributed by atoms with Gasteiger partial charge in [0.25, 0.3) is 0 Å². The second-order valence-corrected chi connectivity index (χ2v) is 10.2. The Morgan fingerprint density at radius 1 is 0.357 bits per heavy atom. The zero-order valence-electron chi connectivity index (χ0n) is 22.5. The van der Waals surface area contributed by atoms with Crippen molar-refractivity contribution in [1.82, 2.24) is 34.9 Å². The molecule has 7 aromatic heterocycles. The predicted octanol–water partition coefficient (Wildman–Crippen LogP) is 3.07. The lowest BCUT2D eigenvalue weighted by atomic mass is 10.0. The third-order valence-electron chi connectivity index (χ3n) is 7.62. The summed E-state index contributed by atoms with van der Waals surface area (Å²) in [5.41, 5.74) is 10.4. The van der Waals surface area contributed by atoms with E-state index in [-0.39, 0.29) is 0 Å². The van der Waals surface area contributed by atoms with Crippen LogP contribution in [-0.2, 0) is 0 Å². The minimum Gasteiger partial charge on any atom is -0.355 e. The molecule has 4 N–H and O–H groups in total. The van der Waals surface area contributed by atoms with Gasteiger partial charge in [-0.1, -0.05) is 0 Å². The predicted molar refractivity (Wildman–Crippen MR) is 163 cm³/mol. The number of hydrogen-bond donors (Lipinski definition) is 4. The molecule has 0 amide bonds. The molecule has 7 aromatic rings. The Kier molecular flexibility index (Phi) is 5.64. The van der Waals surface area contributed by atoms with Crippen molar-refractivity contribution in [2.45, 2.75) is 0 Å². The Labute approximate surface area is 240 Å². The van der Waals surface area contributed by atoms with E-state index in [4.69, 9.17) is 0 Å². The first-order valence-electron chi connectivity index (χ1n) is 13.8. The van der Waals surface area contributed by atoms with Crippen LogP contribution >= 0.6 is 0 Å². The molecular weight excluding hydrogens is 518 g/mol. The Balaban J connectivity index is 1.50. The van der Waals surface area contributed by atoms with Crippen LogP contribution in [0.3, 0.4) is 0 Å². The number of aromatic amines is 4. The number of H-pyrrole nitrogens is 4. The molecule has 200 valence electrons. The number of hydrogen-bond acceptors (Lipinski definition) is 3. The number of nitrogens with one attached hydrogen (secondary N) is 4. The molecule has 8 rings (SSSR count). The highest BCUT2D eigenvalue weighted by molar-refractivity contribution is 5.82. The second-order valence-electron chi connectivity index (χ2n) is 10.2. The summed E-state index contributed by atoms with van der Waals surface area (Å²) in [6.07, 6.45) is 13.1. The Morgan fingerprint density at radius 2 is 0.786 bits per heavy atom. The van der Waals surface area contributed by atoms with Gasteiger partial charge < -0.3 is 19.9 Å². The van der Waals surface area contributed by atoms with Crippen molar-refractivity contribution in [2.24, 2.45) is 0 Å². The molecule has 1 aliphatic heterocycles. The number of nitrogens with zero attached hydrogens (tertiary/aromatic N) is 3. The zero-order valence-corrected chi connectivity index (χ0v) is 22.5. The fourth-order valence-electron chi connectivity index (χ4n) is 5.75. The number of pyridine rings is 3. The summed E-state index contributed by atoms with van der Waals surface area (Å²) in [6.45, 7) is 0. The molecule has 0 aliphatic carbocycles. The van der Waals surface area contributed by atoms with Gasteiger partial charge in [-0.2, -0.15) is 0 Å². The van der Waals surface area contributed by atoms with Crippen LogP contribution < -0.4 is 21.4 Å². The van der Waals surface area contributed by atoms with E-state index >= 15 is 0 Å². The van der Waals surface area contributed by atoms with E-state index in [2.05, 4.69) is 89.5 Å². The summed E-state index contributed by atoms with van der Waals surface area (Å²) in [4.78, 5) is 27.6. The molecule has 0 atom stereocenters. The molecule has 1 aliphatic rings. The Hall–Kier alpha value is -5.95. The highest BCUT2D eigenvalue weighted by Crippen LogP contribution is 2.25. The highest BCUT2D eigenvalue weighted by atomic mass is 14.8. The number of aromatic nitrogens is 7. The summed E-state index contributed by atoms with van der Waals surface area (Å²) in [7, 11) is 0. The molecule has 7 nitrogen and oxygen atoms in total. The molecule has 0 saturated heterocycles. The molecule has 0 unspecified atom stereocenters. The van der Waals surface area contributed by atoms with Gasteiger partial charge in [0.1, 0.15) is 0 Å². The normalized spacial score (nSPS) is 12.8. The monoisotopic (exact) mass is 543 g/mol. The highest BCUT2D eigenvalue weighted by Gasteiger charge is 2.16. The number of fused-ring (bicyclic) bond motifs is 8. The molecule has 0 fully saturated rings. The van der Waals surface area contributed by atoms with Crippen LogP contribution in [0.4, 0.5) is 0 Å². The quantitative estimate of drug-likeness (QED) is 0.276. The fraction of sp³-hybridized carbons (Fsp3) is 0. The van der Waals surface area contributed by atoms with Crippen LogP contribution in [0.2, 0.25) is 0 Å². The molecular formula is C35H25N7. The van der Waals surface area contributed by atoms with Gasteiger partial charge in [-0.15, -0.1) is 0 Å². The van der Waals surface area contributed by atoms with Crippen molar-refractivity contribution in [3.63, 3.8) is 0 Å². The summed E-state index contributed by atoms with van der Waals surface area (Å²) < 4.78 is 0. The third-order valence-corrected chi connectivity index (χ3v) is 7.62. The van der Waals surface area contributed by atoms with Gasteiger partial charge in [-0.25, -0.2) is 0 Å². The first-order chi connectivity index (χ1) is 20.8. The standard InChI is InChI=1S/C35H25N7/c1-3-27-33(22-9-15-36-16-10-22)29-5-7-31(41-29)35(24-13-19-38-20-14-24)32-8-6-30(42-32)34(23-11-17-37-18-12-23)28-4-2-26(40-28)21-25(1)39-27/h1-21,39-42H. The summed E-state index contributed by atoms with van der Waals surface area (Å²) in [5.74, 6) is 0. The van der Waals surface area contributed by atoms with Gasteiger partial charge in [-0.3, -0.25) is 15.0 Å². The van der Waals surface area contributed by atoms with Crippen LogP contribution in [-0.4, -0.2) is 34.9 Å². The molecule has 8 heterocycles. The smallest absolute Gasteiger partial charge is 0.0485 e. The molecule has 0 spiro atoms. The SMILES string of the molecule is C1=c2ccc([nH]2)=C(c2ccncc2)c2ccc([nH]2)C(c2ccncc2)=c2ccc([nH]2)=C(c2ccncc2)c2ccc1[nH]2. The minimum atomic E-state index is 0.995. The molecule has 42 heavy (non-hydrogen) atoms. The second kappa shape index (κ2) is 9.91. The van der Waals surface area contributed by atoms with Crippen LogP contribution in [0.1, 0.15) is 39.5 Å². The van der Waals surface area contributed by atoms with Crippen molar-refractivity contribution in [3.05, 3.63) is 183 Å². The maximum absolute atomic E-state index is 4.28. The van der Waals surface area contributed by atoms with Gasteiger partial charge in [0.2, 0.25) is 0 Å². The van der Waals surface area contributed by atoms with Crippen LogP contribution in [0.5, 0.6) is 0 Å². The minimum absolute atomic E-state index is 0.995. The lowest BCUT2D eigenvalue weighted by Crippen LogP contribution is -2.18. The lowest BCUT2D eigenvalue weighted by Gasteiger charge is -2.08. The van der Waals surface area contributed by atoms with Crippen molar-refractivity contribution >= 4 is 22.8 Å². The molecule has 7 heteroatoms. The Bertz CT molecular complexity index is 2280. The maximum atomic E-state index is 4.28. The topological polar surface area (TPSA) is 102 Å². The lowest BCUT2D eigenvalue weighted by molar-refractivity contribution is 1.19. The third kappa shape index (κ3) is 4.20. The van der Waals surface area contributed by atoms with E-state index in [1.54, 1.807) is 0 Å². The van der Waals surface area contributed by atoms with E-state index in [0.717, 1.165) is 77.6 Å². The van der Waals surface area contributed by atoms with Crippen LogP contribution in [0.25, 0.3) is 22.8 Å². The van der Waals surface area contributed by atoms with Gasteiger partial charge in [0.05, 0.1) is 0 Å². The number of rotatable bonds is 3. The maximum Gasteiger partial charge on any atom is 0.0485 e. The largest absolute Gasteiger partial charge is 0.355 e. The van der Waals surface area contributed by atoms with Crippen LogP contribution in [0.15, 0.2) is 122 Å². The summed E-state index contributed by atoms with van der Waals surface area (Å²) >= 11 is 0. The van der Waals surface area contributed by atoms with Crippen LogP contribution in [0, 0.1) is 0 Å².